The van der Waals surface area contributed by atoms with Gasteiger partial charge in [0.15, 0.2) is 0 Å². The number of aromatic nitrogens is 3. The molecule has 0 unspecified atom stereocenters. The number of nitrogens with one attached hydrogen (secondary N) is 1. The van der Waals surface area contributed by atoms with Gasteiger partial charge < -0.3 is 15.1 Å². The topological polar surface area (TPSA) is 57.2 Å². The third kappa shape index (κ3) is 4.95. The van der Waals surface area contributed by atoms with Crippen molar-refractivity contribution in [3.63, 3.8) is 0 Å². The second kappa shape index (κ2) is 9.89. The molecule has 0 radical (unpaired) electrons. The molecule has 1 fully saturated rings. The van der Waals surface area contributed by atoms with Crippen molar-refractivity contribution in [1.82, 2.24) is 19.9 Å². The molecule has 1 aliphatic heterocycles. The highest BCUT2D eigenvalue weighted by Gasteiger charge is 2.28. The van der Waals surface area contributed by atoms with Gasteiger partial charge in [-0.1, -0.05) is 24.8 Å². The van der Waals surface area contributed by atoms with Crippen molar-refractivity contribution in [3.8, 4) is 10.4 Å². The van der Waals surface area contributed by atoms with E-state index in [9.17, 15) is 0 Å². The highest BCUT2D eigenvalue weighted by atomic mass is 32.1. The predicted molar refractivity (Wildman–Crippen MR) is 136 cm³/mol. The Labute approximate surface area is 193 Å². The molecular weight excluding hydrogens is 416 g/mol. The number of thiazole rings is 1. The van der Waals surface area contributed by atoms with Crippen molar-refractivity contribution in [1.29, 1.82) is 0 Å². The molecule has 1 aromatic carbocycles. The van der Waals surface area contributed by atoms with Crippen molar-refractivity contribution in [2.45, 2.75) is 6.04 Å². The largest absolute Gasteiger partial charge is 0.373 e. The summed E-state index contributed by atoms with van der Waals surface area (Å²) in [4.78, 5) is 18.5. The fourth-order valence-electron chi connectivity index (χ4n) is 3.49. The third-order valence-electron chi connectivity index (χ3n) is 5.62. The molecule has 0 saturated carbocycles. The van der Waals surface area contributed by atoms with Crippen molar-refractivity contribution < 1.29 is 0 Å². The third-order valence-corrected chi connectivity index (χ3v) is 6.44. The van der Waals surface area contributed by atoms with Crippen LogP contribution in [-0.2, 0) is 0 Å². The minimum Gasteiger partial charge on any atom is -0.373 e. The summed E-state index contributed by atoms with van der Waals surface area (Å²) < 4.78 is 0. The number of fused-ring (bicyclic) bond motifs is 1. The van der Waals surface area contributed by atoms with Crippen LogP contribution in [0.4, 0.5) is 11.6 Å². The first-order chi connectivity index (χ1) is 15.6. The Kier molecular flexibility index (Phi) is 6.78. The van der Waals surface area contributed by atoms with Gasteiger partial charge in [-0.25, -0.2) is 9.97 Å². The van der Waals surface area contributed by atoms with Crippen LogP contribution in [0.15, 0.2) is 67.1 Å². The molecule has 4 aromatic rings. The number of nitrogens with zero attached hydrogens (tertiary/aromatic N) is 5. The maximum atomic E-state index is 4.36. The molecule has 0 amide bonds. The number of rotatable bonds is 5. The van der Waals surface area contributed by atoms with Crippen LogP contribution < -0.4 is 10.2 Å². The second-order valence-corrected chi connectivity index (χ2v) is 8.81. The number of pyridine rings is 2. The maximum Gasteiger partial charge on any atom is 0.129 e. The molecule has 7 heteroatoms. The monoisotopic (exact) mass is 444 g/mol. The molecule has 0 spiro atoms. The number of hydrogen-bond donors (Lipinski definition) is 1. The molecule has 3 aromatic heterocycles. The van der Waals surface area contributed by atoms with Crippen LogP contribution in [0.1, 0.15) is 5.56 Å². The number of anilines is 2. The zero-order chi connectivity index (χ0) is 22.5. The van der Waals surface area contributed by atoms with Gasteiger partial charge in [0.2, 0.25) is 0 Å². The highest BCUT2D eigenvalue weighted by Crippen LogP contribution is 2.27. The Morgan fingerprint density at radius 2 is 1.94 bits per heavy atom. The van der Waals surface area contributed by atoms with Gasteiger partial charge in [0.25, 0.3) is 0 Å². The summed E-state index contributed by atoms with van der Waals surface area (Å²) in [6.07, 6.45) is 7.48. The maximum absolute atomic E-state index is 4.36. The van der Waals surface area contributed by atoms with Crippen molar-refractivity contribution in [3.05, 3.63) is 72.6 Å². The molecule has 6 nitrogen and oxygen atoms in total. The standard InChI is InChI=1S/C13H11N3S.C12H17N3/c1-14-13-5-11-4-9(12-7-15-8-17-12)2-3-10(11)6-16-13;1-4-10-5-6-13-12(7-10)15-8-11(9-15)14(2)3/h2-8H,1H3,(H,14,16);4-7,11H,1,8-9H2,2-3H3. The Hall–Kier alpha value is -3.29. The summed E-state index contributed by atoms with van der Waals surface area (Å²) in [5, 5.41) is 5.39. The molecule has 164 valence electrons. The van der Waals surface area contributed by atoms with Gasteiger partial charge >= 0.3 is 0 Å². The summed E-state index contributed by atoms with van der Waals surface area (Å²) in [6, 6.07) is 13.1. The minimum absolute atomic E-state index is 0.666. The zero-order valence-corrected chi connectivity index (χ0v) is 19.5. The van der Waals surface area contributed by atoms with Crippen LogP contribution >= 0.6 is 11.3 Å². The number of benzene rings is 1. The van der Waals surface area contributed by atoms with E-state index in [1.165, 1.54) is 15.8 Å². The molecule has 0 bridgehead atoms. The average molecular weight is 445 g/mol. The van der Waals surface area contributed by atoms with Gasteiger partial charge in [-0.15, -0.1) is 11.3 Å². The first-order valence-electron chi connectivity index (χ1n) is 10.5. The minimum atomic E-state index is 0.666. The normalized spacial score (nSPS) is 13.4. The van der Waals surface area contributed by atoms with Gasteiger partial charge in [0, 0.05) is 50.2 Å². The van der Waals surface area contributed by atoms with E-state index in [1.807, 2.05) is 43.3 Å². The fourth-order valence-corrected chi connectivity index (χ4v) is 4.11. The summed E-state index contributed by atoms with van der Waals surface area (Å²) in [5.74, 6) is 1.95. The van der Waals surface area contributed by atoms with Crippen LogP contribution in [0, 0.1) is 0 Å². The number of hydrogen-bond acceptors (Lipinski definition) is 7. The van der Waals surface area contributed by atoms with E-state index < -0.39 is 0 Å². The Morgan fingerprint density at radius 3 is 2.62 bits per heavy atom. The average Bonchev–Trinajstić information content (AvgIpc) is 3.33. The van der Waals surface area contributed by atoms with E-state index in [4.69, 9.17) is 0 Å². The molecule has 0 aliphatic carbocycles. The van der Waals surface area contributed by atoms with Crippen molar-refractivity contribution >= 4 is 39.8 Å². The smallest absolute Gasteiger partial charge is 0.129 e. The molecule has 32 heavy (non-hydrogen) atoms. The van der Waals surface area contributed by atoms with Gasteiger partial charge in [0.05, 0.1) is 10.4 Å². The van der Waals surface area contributed by atoms with Crippen LogP contribution in [0.2, 0.25) is 0 Å². The summed E-state index contributed by atoms with van der Waals surface area (Å²) in [7, 11) is 6.12. The molecular formula is C25H28N6S. The first kappa shape index (κ1) is 21.9. The highest BCUT2D eigenvalue weighted by molar-refractivity contribution is 7.13. The lowest BCUT2D eigenvalue weighted by Gasteiger charge is -2.43. The van der Waals surface area contributed by atoms with E-state index in [0.29, 0.717) is 6.04 Å². The van der Waals surface area contributed by atoms with E-state index >= 15 is 0 Å². The van der Waals surface area contributed by atoms with Crippen molar-refractivity contribution in [2.75, 3.05) is 44.4 Å². The molecule has 4 heterocycles. The number of likely N-dealkylation sites (N-methyl/N-ethyl adjacent to an activating group) is 1. The van der Waals surface area contributed by atoms with E-state index in [2.05, 4.69) is 81.1 Å². The molecule has 1 saturated heterocycles. The lowest BCUT2D eigenvalue weighted by Crippen LogP contribution is -2.57. The summed E-state index contributed by atoms with van der Waals surface area (Å²) in [5.41, 5.74) is 4.19. The molecule has 1 aliphatic rings. The predicted octanol–water partition coefficient (Wildman–Crippen LogP) is 4.87. The van der Waals surface area contributed by atoms with Gasteiger partial charge in [0.1, 0.15) is 11.6 Å². The summed E-state index contributed by atoms with van der Waals surface area (Å²) in [6.45, 7) is 5.90. The quantitative estimate of drug-likeness (QED) is 0.474. The van der Waals surface area contributed by atoms with Gasteiger partial charge in [-0.3, -0.25) is 4.98 Å². The molecule has 1 N–H and O–H groups in total. The first-order valence-corrected chi connectivity index (χ1v) is 11.4. The van der Waals surface area contributed by atoms with E-state index in [-0.39, 0.29) is 0 Å². The summed E-state index contributed by atoms with van der Waals surface area (Å²) >= 11 is 1.65. The Balaban J connectivity index is 0.000000155. The lowest BCUT2D eigenvalue weighted by atomic mass is 10.1. The fraction of sp³-hybridized carbons (Fsp3) is 0.240. The molecule has 5 rings (SSSR count). The zero-order valence-electron chi connectivity index (χ0n) is 18.7. The Morgan fingerprint density at radius 1 is 1.09 bits per heavy atom. The molecule has 0 atom stereocenters. The second-order valence-electron chi connectivity index (χ2n) is 7.92. The van der Waals surface area contributed by atoms with Crippen LogP contribution in [0.5, 0.6) is 0 Å². The van der Waals surface area contributed by atoms with E-state index in [0.717, 1.165) is 35.7 Å². The van der Waals surface area contributed by atoms with Gasteiger partial charge in [-0.2, -0.15) is 0 Å². The van der Waals surface area contributed by atoms with Crippen LogP contribution in [0.25, 0.3) is 27.3 Å². The van der Waals surface area contributed by atoms with Crippen molar-refractivity contribution in [2.24, 2.45) is 0 Å². The Bertz CT molecular complexity index is 1180. The van der Waals surface area contributed by atoms with Crippen LogP contribution in [0.3, 0.4) is 0 Å². The van der Waals surface area contributed by atoms with E-state index in [1.54, 1.807) is 11.3 Å². The lowest BCUT2D eigenvalue weighted by molar-refractivity contribution is 0.246. The van der Waals surface area contributed by atoms with Crippen LogP contribution in [-0.4, -0.2) is 60.1 Å². The van der Waals surface area contributed by atoms with Gasteiger partial charge in [-0.05, 0) is 54.9 Å². The SMILES string of the molecule is C=Cc1ccnc(N2CC(N(C)C)C2)c1.CNc1cc2cc(-c3cncs3)ccc2cn1.